The molecule has 0 aliphatic rings. The van der Waals surface area contributed by atoms with Gasteiger partial charge in [-0.1, -0.05) is 25.8 Å². The van der Waals surface area contributed by atoms with Crippen molar-refractivity contribution in [2.75, 3.05) is 0 Å². The maximum Gasteiger partial charge on any atom is 0.227 e. The van der Waals surface area contributed by atoms with Crippen LogP contribution in [0.15, 0.2) is 40.9 Å². The Morgan fingerprint density at radius 3 is 2.68 bits per heavy atom. The Balaban J connectivity index is 2.01. The van der Waals surface area contributed by atoms with Crippen LogP contribution < -0.4 is 0 Å². The van der Waals surface area contributed by atoms with E-state index in [1.807, 2.05) is 0 Å². The molecule has 0 saturated carbocycles. The minimum Gasteiger partial charge on any atom is -0.437 e. The van der Waals surface area contributed by atoms with Gasteiger partial charge in [0.05, 0.1) is 5.69 Å². The highest BCUT2D eigenvalue weighted by Crippen LogP contribution is 2.37. The normalized spacial score (nSPS) is 21.9. The fourth-order valence-corrected chi connectivity index (χ4v) is 2.87. The molecule has 4 aromatic rings. The van der Waals surface area contributed by atoms with Crippen LogP contribution in [0.25, 0.3) is 33.3 Å². The van der Waals surface area contributed by atoms with Crippen molar-refractivity contribution in [2.45, 2.75) is 40.2 Å². The summed E-state index contributed by atoms with van der Waals surface area (Å²) in [7, 11) is 0. The summed E-state index contributed by atoms with van der Waals surface area (Å²) in [6.45, 7) is -10.2. The molecule has 4 rings (SSSR count). The van der Waals surface area contributed by atoms with E-state index in [1.165, 1.54) is 18.2 Å². The quantitative estimate of drug-likeness (QED) is 0.442. The van der Waals surface area contributed by atoms with Gasteiger partial charge in [0, 0.05) is 46.0 Å². The molecule has 0 spiro atoms. The third-order valence-electron chi connectivity index (χ3n) is 4.13. The first-order chi connectivity index (χ1) is 17.2. The first-order valence-corrected chi connectivity index (χ1v) is 7.52. The second-order valence-corrected chi connectivity index (χ2v) is 5.78. The zero-order valence-corrected chi connectivity index (χ0v) is 13.3. The van der Waals surface area contributed by atoms with E-state index >= 15 is 0 Å². The summed E-state index contributed by atoms with van der Waals surface area (Å²) < 4.78 is 107. The number of aryl methyl sites for hydroxylation is 3. The number of aromatic nitrogens is 2. The molecule has 0 aliphatic heterocycles. The van der Waals surface area contributed by atoms with Crippen LogP contribution in [-0.2, 0) is 0 Å². The lowest BCUT2D eigenvalue weighted by Crippen LogP contribution is -1.91. The van der Waals surface area contributed by atoms with Crippen molar-refractivity contribution in [3.05, 3.63) is 58.9 Å². The van der Waals surface area contributed by atoms with Crippen molar-refractivity contribution >= 4 is 22.1 Å². The van der Waals surface area contributed by atoms with E-state index in [0.717, 1.165) is 6.20 Å². The zero-order chi connectivity index (χ0) is 28.6. The van der Waals surface area contributed by atoms with Gasteiger partial charge in [-0.2, -0.15) is 0 Å². The summed E-state index contributed by atoms with van der Waals surface area (Å²) in [5, 5.41) is 0.897. The minimum absolute atomic E-state index is 0.121. The molecular weight excluding hydrogens is 308 g/mol. The van der Waals surface area contributed by atoms with E-state index < -0.39 is 44.6 Å². The Labute approximate surface area is 166 Å². The first-order valence-electron chi connectivity index (χ1n) is 14.0. The van der Waals surface area contributed by atoms with Crippen molar-refractivity contribution in [2.24, 2.45) is 0 Å². The zero-order valence-electron chi connectivity index (χ0n) is 26.3. The van der Waals surface area contributed by atoms with E-state index in [1.54, 1.807) is 19.1 Å². The van der Waals surface area contributed by atoms with Crippen LogP contribution in [0.5, 0.6) is 0 Å². The summed E-state index contributed by atoms with van der Waals surface area (Å²) in [6.07, 6.45) is 1.00. The Hall–Kier alpha value is -2.68. The van der Waals surface area contributed by atoms with Crippen LogP contribution in [0.4, 0.5) is 0 Å². The van der Waals surface area contributed by atoms with Crippen LogP contribution in [0.3, 0.4) is 0 Å². The van der Waals surface area contributed by atoms with Crippen molar-refractivity contribution in [3.63, 3.8) is 0 Å². The molecule has 3 aromatic heterocycles. The largest absolute Gasteiger partial charge is 0.437 e. The highest BCUT2D eigenvalue weighted by molar-refractivity contribution is 6.09. The molecule has 0 atom stereocenters. The van der Waals surface area contributed by atoms with Gasteiger partial charge in [-0.3, -0.25) is 4.98 Å². The molecular formula is C22H22N2O. The van der Waals surface area contributed by atoms with Crippen molar-refractivity contribution in [1.82, 2.24) is 9.97 Å². The molecule has 0 radical (unpaired) electrons. The van der Waals surface area contributed by atoms with Crippen molar-refractivity contribution in [1.29, 1.82) is 0 Å². The van der Waals surface area contributed by atoms with Gasteiger partial charge in [0.25, 0.3) is 0 Å². The van der Waals surface area contributed by atoms with E-state index in [0.29, 0.717) is 21.9 Å². The lowest BCUT2D eigenvalue weighted by molar-refractivity contribution is 0.648. The second kappa shape index (κ2) is 5.69. The van der Waals surface area contributed by atoms with E-state index in [-0.39, 0.29) is 22.6 Å². The predicted octanol–water partition coefficient (Wildman–Crippen LogP) is 6.09. The number of rotatable bonds is 2. The molecule has 0 bridgehead atoms. The van der Waals surface area contributed by atoms with Gasteiger partial charge in [0.1, 0.15) is 5.58 Å². The van der Waals surface area contributed by atoms with Gasteiger partial charge in [-0.05, 0) is 61.4 Å². The Kier molecular flexibility index (Phi) is 1.57. The van der Waals surface area contributed by atoms with Crippen LogP contribution in [0.2, 0.25) is 0 Å². The molecule has 3 nitrogen and oxygen atoms in total. The average molecular weight is 344 g/mol. The summed E-state index contributed by atoms with van der Waals surface area (Å²) >= 11 is 0. The van der Waals surface area contributed by atoms with Crippen molar-refractivity contribution < 1.29 is 22.2 Å². The maximum atomic E-state index is 8.40. The van der Waals surface area contributed by atoms with Crippen LogP contribution >= 0.6 is 0 Å². The monoisotopic (exact) mass is 343 g/mol. The van der Waals surface area contributed by atoms with Crippen LogP contribution in [0, 0.1) is 20.6 Å². The number of benzene rings is 1. The molecule has 0 unspecified atom stereocenters. The molecule has 25 heavy (non-hydrogen) atoms. The van der Waals surface area contributed by atoms with Crippen molar-refractivity contribution in [3.8, 4) is 11.3 Å². The summed E-state index contributed by atoms with van der Waals surface area (Å²) in [4.78, 5) is 8.35. The van der Waals surface area contributed by atoms with E-state index in [4.69, 9.17) is 22.2 Å². The molecule has 1 aromatic carbocycles. The standard InChI is InChI=1S/C22H22N2O/c1-12(2)18-9-8-17-16-7-6-13(3)20(21(16)25-22(17)24-18)19-10-14(4)15(5)11-23-19/h6-12H,1-5H3/i1D3,2D3,4D3,5D3,12D. The fourth-order valence-electron chi connectivity index (χ4n) is 2.87. The van der Waals surface area contributed by atoms with E-state index in [2.05, 4.69) is 9.97 Å². The molecule has 3 heterocycles. The second-order valence-electron chi connectivity index (χ2n) is 5.78. The average Bonchev–Trinajstić information content (AvgIpc) is 3.12. The summed E-state index contributed by atoms with van der Waals surface area (Å²) in [6, 6.07) is 7.18. The highest BCUT2D eigenvalue weighted by Gasteiger charge is 2.17. The number of hydrogen-bond acceptors (Lipinski definition) is 3. The Morgan fingerprint density at radius 1 is 1.04 bits per heavy atom. The van der Waals surface area contributed by atoms with E-state index in [9.17, 15) is 0 Å². The number of nitrogens with zero attached hydrogens (tertiary/aromatic N) is 2. The third kappa shape index (κ3) is 2.51. The van der Waals surface area contributed by atoms with Gasteiger partial charge < -0.3 is 4.42 Å². The highest BCUT2D eigenvalue weighted by atomic mass is 16.3. The molecule has 0 aliphatic carbocycles. The number of furan rings is 1. The van der Waals surface area contributed by atoms with Gasteiger partial charge in [0.2, 0.25) is 5.71 Å². The summed E-state index contributed by atoms with van der Waals surface area (Å²) in [5.74, 6) is -3.02. The topological polar surface area (TPSA) is 38.9 Å². The Bertz CT molecular complexity index is 1530. The number of pyridine rings is 2. The summed E-state index contributed by atoms with van der Waals surface area (Å²) in [5.41, 5.74) is -0.125. The minimum atomic E-state index is -3.23. The van der Waals surface area contributed by atoms with Crippen LogP contribution in [0.1, 0.15) is 59.8 Å². The lowest BCUT2D eigenvalue weighted by Gasteiger charge is -2.08. The maximum absolute atomic E-state index is 8.40. The SMILES string of the molecule is [2H]C([2H])([2H])c1cnc(-c2c(C)ccc3c2oc2nc(C([2H])(C([2H])([2H])[2H])C([2H])([2H])[2H])ccc23)cc1C([2H])([2H])[2H]. The van der Waals surface area contributed by atoms with Gasteiger partial charge in [-0.15, -0.1) is 0 Å². The van der Waals surface area contributed by atoms with Gasteiger partial charge in [0.15, 0.2) is 0 Å². The third-order valence-corrected chi connectivity index (χ3v) is 4.13. The Morgan fingerprint density at radius 2 is 1.88 bits per heavy atom. The smallest absolute Gasteiger partial charge is 0.227 e. The molecule has 3 heteroatoms. The lowest BCUT2D eigenvalue weighted by atomic mass is 9.99. The number of hydrogen-bond donors (Lipinski definition) is 0. The number of fused-ring (bicyclic) bond motifs is 3. The van der Waals surface area contributed by atoms with Gasteiger partial charge in [-0.25, -0.2) is 4.98 Å². The molecule has 0 saturated heterocycles. The van der Waals surface area contributed by atoms with Crippen LogP contribution in [-0.4, -0.2) is 9.97 Å². The fraction of sp³-hybridized carbons (Fsp3) is 0.273. The molecule has 0 N–H and O–H groups in total. The predicted molar refractivity (Wildman–Crippen MR) is 103 cm³/mol. The molecule has 0 amide bonds. The van der Waals surface area contributed by atoms with Gasteiger partial charge >= 0.3 is 0 Å². The first kappa shape index (κ1) is 6.91. The molecule has 0 fully saturated rings. The molecule has 126 valence electrons.